The largest absolute Gasteiger partial charge is 0.317 e. The van der Waals surface area contributed by atoms with E-state index in [4.69, 9.17) is 0 Å². The van der Waals surface area contributed by atoms with Gasteiger partial charge in [0.15, 0.2) is 0 Å². The van der Waals surface area contributed by atoms with Gasteiger partial charge < -0.3 is 5.32 Å². The summed E-state index contributed by atoms with van der Waals surface area (Å²) in [6.45, 7) is 8.57. The summed E-state index contributed by atoms with van der Waals surface area (Å²) in [5.41, 5.74) is 4.01. The second kappa shape index (κ2) is 6.02. The highest BCUT2D eigenvalue weighted by Crippen LogP contribution is 2.23. The van der Waals surface area contributed by atoms with E-state index in [0.717, 1.165) is 5.92 Å². The van der Waals surface area contributed by atoms with Crippen LogP contribution in [0.2, 0.25) is 0 Å². The van der Waals surface area contributed by atoms with Crippen LogP contribution in [-0.2, 0) is 6.42 Å². The van der Waals surface area contributed by atoms with Crippen molar-refractivity contribution in [2.75, 3.05) is 13.1 Å². The Hall–Kier alpha value is -1.08. The predicted octanol–water partition coefficient (Wildman–Crippen LogP) is 3.65. The maximum absolute atomic E-state index is 4.07. The molecule has 0 aliphatic carbocycles. The average Bonchev–Trinajstić information content (AvgIpc) is 2.38. The van der Waals surface area contributed by atoms with Crippen LogP contribution in [0.15, 0.2) is 30.8 Å². The molecule has 1 aromatic rings. The van der Waals surface area contributed by atoms with Gasteiger partial charge in [-0.3, -0.25) is 0 Å². The van der Waals surface area contributed by atoms with Gasteiger partial charge in [-0.2, -0.15) is 0 Å². The topological polar surface area (TPSA) is 12.0 Å². The van der Waals surface area contributed by atoms with Crippen LogP contribution in [0.25, 0.3) is 5.57 Å². The van der Waals surface area contributed by atoms with Gasteiger partial charge in [0.1, 0.15) is 0 Å². The van der Waals surface area contributed by atoms with Gasteiger partial charge in [0, 0.05) is 0 Å². The first-order chi connectivity index (χ1) is 8.27. The number of hydrogen-bond acceptors (Lipinski definition) is 1. The Morgan fingerprint density at radius 2 is 2.00 bits per heavy atom. The molecule has 1 saturated heterocycles. The third-order valence-electron chi connectivity index (χ3n) is 3.76. The molecule has 17 heavy (non-hydrogen) atoms. The number of hydrogen-bond donors (Lipinski definition) is 1. The van der Waals surface area contributed by atoms with Crippen molar-refractivity contribution in [3.8, 4) is 0 Å². The highest BCUT2D eigenvalue weighted by Gasteiger charge is 2.13. The summed E-state index contributed by atoms with van der Waals surface area (Å²) in [7, 11) is 0. The highest BCUT2D eigenvalue weighted by molar-refractivity contribution is 5.64. The van der Waals surface area contributed by atoms with Crippen LogP contribution in [0.3, 0.4) is 0 Å². The zero-order valence-electron chi connectivity index (χ0n) is 10.8. The van der Waals surface area contributed by atoms with Crippen LogP contribution in [-0.4, -0.2) is 13.1 Å². The molecule has 1 heteroatoms. The molecule has 0 bridgehead atoms. The Morgan fingerprint density at radius 3 is 2.71 bits per heavy atom. The monoisotopic (exact) mass is 229 g/mol. The predicted molar refractivity (Wildman–Crippen MR) is 75.1 cm³/mol. The van der Waals surface area contributed by atoms with Crippen molar-refractivity contribution >= 4 is 5.57 Å². The molecule has 1 N–H and O–H groups in total. The lowest BCUT2D eigenvalue weighted by atomic mass is 9.89. The van der Waals surface area contributed by atoms with Crippen molar-refractivity contribution in [2.24, 2.45) is 5.92 Å². The molecular formula is C16H23N. The number of nitrogens with one attached hydrogen (secondary N) is 1. The molecule has 1 fully saturated rings. The van der Waals surface area contributed by atoms with Crippen molar-refractivity contribution in [3.05, 3.63) is 42.0 Å². The van der Waals surface area contributed by atoms with Gasteiger partial charge in [0.05, 0.1) is 0 Å². The molecular weight excluding hydrogens is 206 g/mol. The van der Waals surface area contributed by atoms with Crippen LogP contribution < -0.4 is 5.32 Å². The van der Waals surface area contributed by atoms with E-state index >= 15 is 0 Å². The van der Waals surface area contributed by atoms with Gasteiger partial charge in [-0.05, 0) is 62.7 Å². The molecule has 0 saturated carbocycles. The van der Waals surface area contributed by atoms with E-state index in [9.17, 15) is 0 Å². The van der Waals surface area contributed by atoms with Crippen molar-refractivity contribution in [2.45, 2.75) is 32.6 Å². The van der Waals surface area contributed by atoms with Gasteiger partial charge in [0.25, 0.3) is 0 Å². The number of piperidine rings is 1. The lowest BCUT2D eigenvalue weighted by Gasteiger charge is -2.22. The van der Waals surface area contributed by atoms with Crippen LogP contribution in [0, 0.1) is 5.92 Å². The first-order valence-corrected chi connectivity index (χ1v) is 6.72. The molecule has 92 valence electrons. The second-order valence-electron chi connectivity index (χ2n) is 5.17. The Morgan fingerprint density at radius 1 is 1.29 bits per heavy atom. The minimum absolute atomic E-state index is 0.912. The molecule has 0 radical (unpaired) electrons. The van der Waals surface area contributed by atoms with Crippen molar-refractivity contribution < 1.29 is 0 Å². The minimum Gasteiger partial charge on any atom is -0.317 e. The molecule has 1 aliphatic rings. The SMILES string of the molecule is C=C(C)c1ccccc1CCC1CCNCC1. The number of benzene rings is 1. The van der Waals surface area contributed by atoms with E-state index in [1.165, 1.54) is 55.5 Å². The normalized spacial score (nSPS) is 17.0. The molecule has 1 nitrogen and oxygen atoms in total. The zero-order chi connectivity index (χ0) is 12.1. The van der Waals surface area contributed by atoms with E-state index in [0.29, 0.717) is 0 Å². The standard InChI is InChI=1S/C16H23N/c1-13(2)16-6-4-3-5-15(16)8-7-14-9-11-17-12-10-14/h3-6,14,17H,1,7-12H2,2H3. The van der Waals surface area contributed by atoms with Crippen molar-refractivity contribution in [1.29, 1.82) is 0 Å². The summed E-state index contributed by atoms with van der Waals surface area (Å²) < 4.78 is 0. The molecule has 1 aromatic carbocycles. The molecule has 0 unspecified atom stereocenters. The lowest BCUT2D eigenvalue weighted by Crippen LogP contribution is -2.27. The molecule has 0 aromatic heterocycles. The Labute approximate surface area is 105 Å². The van der Waals surface area contributed by atoms with Crippen molar-refractivity contribution in [3.63, 3.8) is 0 Å². The zero-order valence-corrected chi connectivity index (χ0v) is 10.8. The molecule has 0 amide bonds. The smallest absolute Gasteiger partial charge is 0.00463 e. The van der Waals surface area contributed by atoms with E-state index < -0.39 is 0 Å². The van der Waals surface area contributed by atoms with E-state index in [1.54, 1.807) is 0 Å². The summed E-state index contributed by atoms with van der Waals surface area (Å²) in [5.74, 6) is 0.912. The molecule has 0 atom stereocenters. The first kappa shape index (κ1) is 12.4. The fourth-order valence-electron chi connectivity index (χ4n) is 2.68. The average molecular weight is 229 g/mol. The van der Waals surface area contributed by atoms with Crippen LogP contribution in [0.4, 0.5) is 0 Å². The van der Waals surface area contributed by atoms with Crippen LogP contribution in [0.5, 0.6) is 0 Å². The van der Waals surface area contributed by atoms with E-state index in [-0.39, 0.29) is 0 Å². The van der Waals surface area contributed by atoms with Crippen molar-refractivity contribution in [1.82, 2.24) is 5.32 Å². The number of aryl methyl sites for hydroxylation is 1. The van der Waals surface area contributed by atoms with Gasteiger partial charge in [0.2, 0.25) is 0 Å². The van der Waals surface area contributed by atoms with E-state index in [1.807, 2.05) is 0 Å². The van der Waals surface area contributed by atoms with E-state index in [2.05, 4.69) is 43.1 Å². The van der Waals surface area contributed by atoms with Crippen LogP contribution in [0.1, 0.15) is 37.3 Å². The Kier molecular flexibility index (Phi) is 4.38. The van der Waals surface area contributed by atoms with Crippen LogP contribution >= 0.6 is 0 Å². The number of rotatable bonds is 4. The fourth-order valence-corrected chi connectivity index (χ4v) is 2.68. The quantitative estimate of drug-likeness (QED) is 0.831. The Bertz CT molecular complexity index is 375. The summed E-state index contributed by atoms with van der Waals surface area (Å²) in [6.07, 6.45) is 5.21. The second-order valence-corrected chi connectivity index (χ2v) is 5.17. The maximum Gasteiger partial charge on any atom is -0.00463 e. The highest BCUT2D eigenvalue weighted by atomic mass is 14.9. The van der Waals surface area contributed by atoms with Gasteiger partial charge in [-0.25, -0.2) is 0 Å². The third-order valence-corrected chi connectivity index (χ3v) is 3.76. The van der Waals surface area contributed by atoms with Gasteiger partial charge >= 0.3 is 0 Å². The minimum atomic E-state index is 0.912. The Balaban J connectivity index is 1.96. The summed E-state index contributed by atoms with van der Waals surface area (Å²) in [6, 6.07) is 8.70. The molecule has 1 heterocycles. The third kappa shape index (κ3) is 3.44. The lowest BCUT2D eigenvalue weighted by molar-refractivity contribution is 0.354. The summed E-state index contributed by atoms with van der Waals surface area (Å²) in [5, 5.41) is 3.43. The molecule has 2 rings (SSSR count). The first-order valence-electron chi connectivity index (χ1n) is 6.72. The molecule has 1 aliphatic heterocycles. The maximum atomic E-state index is 4.07. The number of allylic oxidation sites excluding steroid dienone is 1. The summed E-state index contributed by atoms with van der Waals surface area (Å²) in [4.78, 5) is 0. The van der Waals surface area contributed by atoms with Gasteiger partial charge in [-0.15, -0.1) is 0 Å². The van der Waals surface area contributed by atoms with Gasteiger partial charge in [-0.1, -0.05) is 36.4 Å². The summed E-state index contributed by atoms with van der Waals surface area (Å²) >= 11 is 0. The molecule has 0 spiro atoms. The fraction of sp³-hybridized carbons (Fsp3) is 0.500.